The Kier molecular flexibility index (Phi) is 4.14. The van der Waals surface area contributed by atoms with E-state index in [2.05, 4.69) is 37.7 Å². The summed E-state index contributed by atoms with van der Waals surface area (Å²) in [5.74, 6) is 0.779. The molecule has 2 N–H and O–H groups in total. The van der Waals surface area contributed by atoms with Crippen molar-refractivity contribution in [1.82, 2.24) is 4.90 Å². The predicted octanol–water partition coefficient (Wildman–Crippen LogP) is 1.87. The molecule has 0 aliphatic carbocycles. The Morgan fingerprint density at radius 3 is 2.60 bits per heavy atom. The lowest BCUT2D eigenvalue weighted by Crippen LogP contribution is -2.39. The smallest absolute Gasteiger partial charge is 0.0992 e. The van der Waals surface area contributed by atoms with E-state index < -0.39 is 0 Å². The number of likely N-dealkylation sites (tertiary alicyclic amines) is 1. The van der Waals surface area contributed by atoms with Crippen LogP contribution in [0.2, 0.25) is 0 Å². The van der Waals surface area contributed by atoms with Crippen molar-refractivity contribution in [3.8, 4) is 0 Å². The topological polar surface area (TPSA) is 41.6 Å². The van der Waals surface area contributed by atoms with Crippen molar-refractivity contribution in [2.24, 2.45) is 16.1 Å². The summed E-state index contributed by atoms with van der Waals surface area (Å²) in [6, 6.07) is 0.597. The molecule has 0 amide bonds. The van der Waals surface area contributed by atoms with E-state index in [0.717, 1.165) is 12.4 Å². The van der Waals surface area contributed by atoms with Crippen molar-refractivity contribution in [2.45, 2.75) is 46.1 Å². The first-order chi connectivity index (χ1) is 6.91. The number of piperidine rings is 1. The van der Waals surface area contributed by atoms with E-state index >= 15 is 0 Å². The van der Waals surface area contributed by atoms with Gasteiger partial charge in [-0.05, 0) is 26.4 Å². The van der Waals surface area contributed by atoms with E-state index in [1.807, 2.05) is 0 Å². The lowest BCUT2D eigenvalue weighted by Gasteiger charge is -2.31. The highest BCUT2D eigenvalue weighted by molar-refractivity contribution is 5.85. The number of aliphatic imine (C=N–C) groups is 1. The molecule has 0 bridgehead atoms. The maximum atomic E-state index is 5.94. The van der Waals surface area contributed by atoms with Crippen molar-refractivity contribution < 1.29 is 0 Å². The Morgan fingerprint density at radius 1 is 1.40 bits per heavy atom. The molecule has 1 atom stereocenters. The zero-order valence-electron chi connectivity index (χ0n) is 10.6. The van der Waals surface area contributed by atoms with Crippen LogP contribution >= 0.6 is 0 Å². The molecule has 3 nitrogen and oxygen atoms in total. The van der Waals surface area contributed by atoms with Gasteiger partial charge >= 0.3 is 0 Å². The first kappa shape index (κ1) is 12.5. The Morgan fingerprint density at radius 2 is 2.07 bits per heavy atom. The fourth-order valence-electron chi connectivity index (χ4n) is 1.82. The second-order valence-corrected chi connectivity index (χ2v) is 5.61. The molecule has 0 saturated carbocycles. The van der Waals surface area contributed by atoms with Crippen LogP contribution in [0.25, 0.3) is 0 Å². The fourth-order valence-corrected chi connectivity index (χ4v) is 1.82. The number of hydrogen-bond donors (Lipinski definition) is 1. The molecule has 1 aliphatic rings. The molecular formula is C12H25N3. The number of nitrogens with two attached hydrogens (primary N) is 1. The molecule has 0 radical (unpaired) electrons. The van der Waals surface area contributed by atoms with Crippen molar-refractivity contribution in [3.05, 3.63) is 0 Å². The molecule has 0 aromatic heterocycles. The second kappa shape index (κ2) is 4.97. The van der Waals surface area contributed by atoms with E-state index in [-0.39, 0.29) is 5.41 Å². The minimum absolute atomic E-state index is 0.00718. The molecule has 1 unspecified atom stereocenters. The monoisotopic (exact) mass is 211 g/mol. The van der Waals surface area contributed by atoms with Crippen LogP contribution in [0.1, 0.15) is 40.0 Å². The lowest BCUT2D eigenvalue weighted by molar-refractivity contribution is 0.191. The van der Waals surface area contributed by atoms with Gasteiger partial charge < -0.3 is 10.6 Å². The summed E-state index contributed by atoms with van der Waals surface area (Å²) in [4.78, 5) is 6.93. The van der Waals surface area contributed by atoms with Crippen molar-refractivity contribution >= 4 is 5.84 Å². The van der Waals surface area contributed by atoms with Gasteiger partial charge in [-0.1, -0.05) is 27.2 Å². The quantitative estimate of drug-likeness (QED) is 0.559. The average molecular weight is 211 g/mol. The summed E-state index contributed by atoms with van der Waals surface area (Å²) >= 11 is 0. The average Bonchev–Trinajstić information content (AvgIpc) is 2.14. The molecule has 1 rings (SSSR count). The summed E-state index contributed by atoms with van der Waals surface area (Å²) in [6.45, 7) is 8.39. The van der Waals surface area contributed by atoms with Crippen LogP contribution in [0.15, 0.2) is 4.99 Å². The molecule has 1 aliphatic heterocycles. The molecule has 0 spiro atoms. The highest BCUT2D eigenvalue weighted by Gasteiger charge is 2.20. The zero-order valence-corrected chi connectivity index (χ0v) is 10.6. The third-order valence-electron chi connectivity index (χ3n) is 3.16. The summed E-state index contributed by atoms with van der Waals surface area (Å²) in [6.07, 6.45) is 3.92. The third-order valence-corrected chi connectivity index (χ3v) is 3.16. The fraction of sp³-hybridized carbons (Fsp3) is 0.917. The maximum absolute atomic E-state index is 5.94. The molecule has 0 aromatic rings. The highest BCUT2D eigenvalue weighted by atomic mass is 15.1. The minimum atomic E-state index is 0.00718. The minimum Gasteiger partial charge on any atom is -0.387 e. The van der Waals surface area contributed by atoms with Gasteiger partial charge in [-0.2, -0.15) is 0 Å². The number of rotatable bonds is 2. The predicted molar refractivity (Wildman–Crippen MR) is 66.2 cm³/mol. The highest BCUT2D eigenvalue weighted by Crippen LogP contribution is 2.17. The van der Waals surface area contributed by atoms with E-state index in [1.165, 1.54) is 25.8 Å². The number of likely N-dealkylation sites (N-methyl/N-ethyl adjacent to an activating group) is 1. The van der Waals surface area contributed by atoms with Crippen LogP contribution < -0.4 is 5.73 Å². The zero-order chi connectivity index (χ0) is 11.5. The van der Waals surface area contributed by atoms with Gasteiger partial charge in [-0.3, -0.25) is 4.99 Å². The first-order valence-electron chi connectivity index (χ1n) is 5.92. The molecule has 1 heterocycles. The summed E-state index contributed by atoms with van der Waals surface area (Å²) in [5.41, 5.74) is 5.95. The van der Waals surface area contributed by atoms with Crippen LogP contribution in [-0.4, -0.2) is 36.9 Å². The molecule has 1 fully saturated rings. The Labute approximate surface area is 93.7 Å². The summed E-state index contributed by atoms with van der Waals surface area (Å²) in [7, 11) is 2.19. The number of amidine groups is 1. The lowest BCUT2D eigenvalue weighted by atomic mass is 9.95. The Bertz CT molecular complexity index is 228. The van der Waals surface area contributed by atoms with Crippen molar-refractivity contribution in [3.63, 3.8) is 0 Å². The van der Waals surface area contributed by atoms with Crippen LogP contribution in [0.4, 0.5) is 0 Å². The molecule has 0 aromatic carbocycles. The molecule has 88 valence electrons. The van der Waals surface area contributed by atoms with Gasteiger partial charge in [-0.25, -0.2) is 0 Å². The van der Waals surface area contributed by atoms with E-state index in [9.17, 15) is 0 Å². The number of hydrogen-bond acceptors (Lipinski definition) is 2. The van der Waals surface area contributed by atoms with Crippen molar-refractivity contribution in [1.29, 1.82) is 0 Å². The van der Waals surface area contributed by atoms with E-state index in [1.54, 1.807) is 0 Å². The van der Waals surface area contributed by atoms with Gasteiger partial charge in [0.1, 0.15) is 0 Å². The van der Waals surface area contributed by atoms with Gasteiger partial charge in [-0.15, -0.1) is 0 Å². The van der Waals surface area contributed by atoms with Crippen molar-refractivity contribution in [2.75, 3.05) is 20.1 Å². The van der Waals surface area contributed by atoms with Gasteiger partial charge in [0.2, 0.25) is 0 Å². The SMILES string of the molecule is CN1CCCCC1CN=C(N)C(C)(C)C. The summed E-state index contributed by atoms with van der Waals surface area (Å²) < 4.78 is 0. The largest absolute Gasteiger partial charge is 0.387 e. The Hall–Kier alpha value is -0.570. The maximum Gasteiger partial charge on any atom is 0.0992 e. The standard InChI is InChI=1S/C12H25N3/c1-12(2,3)11(13)14-9-10-7-5-6-8-15(10)4/h10H,5-9H2,1-4H3,(H2,13,14). The van der Waals surface area contributed by atoms with Gasteiger partial charge in [0, 0.05) is 11.5 Å². The van der Waals surface area contributed by atoms with Gasteiger partial charge in [0.25, 0.3) is 0 Å². The van der Waals surface area contributed by atoms with E-state index in [0.29, 0.717) is 6.04 Å². The molecule has 3 heteroatoms. The third kappa shape index (κ3) is 3.82. The van der Waals surface area contributed by atoms with Crippen LogP contribution in [0.3, 0.4) is 0 Å². The normalized spacial score (nSPS) is 25.6. The molecule has 1 saturated heterocycles. The van der Waals surface area contributed by atoms with Crippen LogP contribution in [0.5, 0.6) is 0 Å². The molecular weight excluding hydrogens is 186 g/mol. The Balaban J connectivity index is 2.47. The van der Waals surface area contributed by atoms with Crippen LogP contribution in [-0.2, 0) is 0 Å². The first-order valence-corrected chi connectivity index (χ1v) is 5.92. The number of nitrogens with zero attached hydrogens (tertiary/aromatic N) is 2. The van der Waals surface area contributed by atoms with Gasteiger partial charge in [0.15, 0.2) is 0 Å². The van der Waals surface area contributed by atoms with E-state index in [4.69, 9.17) is 5.73 Å². The summed E-state index contributed by atoms with van der Waals surface area (Å²) in [5, 5.41) is 0. The molecule has 15 heavy (non-hydrogen) atoms. The van der Waals surface area contributed by atoms with Gasteiger partial charge in [0.05, 0.1) is 12.4 Å². The second-order valence-electron chi connectivity index (χ2n) is 5.61. The van der Waals surface area contributed by atoms with Crippen LogP contribution in [0, 0.1) is 5.41 Å².